The number of aryl methyl sites for hydroxylation is 1. The predicted molar refractivity (Wildman–Crippen MR) is 104 cm³/mol. The molecule has 5 nitrogen and oxygen atoms in total. The number of likely N-dealkylation sites (tertiary alicyclic amines) is 1. The van der Waals surface area contributed by atoms with Crippen molar-refractivity contribution >= 4 is 5.91 Å². The molecule has 0 saturated carbocycles. The van der Waals surface area contributed by atoms with Gasteiger partial charge in [0.25, 0.3) is 5.91 Å². The lowest BCUT2D eigenvalue weighted by atomic mass is 9.94. The molecule has 0 bridgehead atoms. The Hall–Kier alpha value is -3.08. The number of hydrogen-bond donors (Lipinski definition) is 0. The lowest BCUT2D eigenvalue weighted by molar-refractivity contribution is 0.0705. The highest BCUT2D eigenvalue weighted by atomic mass is 16.2. The lowest BCUT2D eigenvalue weighted by Gasteiger charge is -2.32. The Balaban J connectivity index is 1.55. The highest BCUT2D eigenvalue weighted by Crippen LogP contribution is 2.28. The predicted octanol–water partition coefficient (Wildman–Crippen LogP) is 3.87. The summed E-state index contributed by atoms with van der Waals surface area (Å²) in [5.74, 6) is 0.243. The number of carbonyl (C=O) groups excluding carboxylic acids is 1. The van der Waals surface area contributed by atoms with Crippen molar-refractivity contribution in [1.82, 2.24) is 19.9 Å². The second-order valence-electron chi connectivity index (χ2n) is 7.03. The van der Waals surface area contributed by atoms with Gasteiger partial charge in [0.2, 0.25) is 0 Å². The van der Waals surface area contributed by atoms with Gasteiger partial charge in [0.1, 0.15) is 0 Å². The third kappa shape index (κ3) is 3.87. The third-order valence-electron chi connectivity index (χ3n) is 5.00. The van der Waals surface area contributed by atoms with Crippen LogP contribution in [0.15, 0.2) is 61.2 Å². The summed E-state index contributed by atoms with van der Waals surface area (Å²) in [5.41, 5.74) is 4.75. The molecule has 0 spiro atoms. The highest BCUT2D eigenvalue weighted by molar-refractivity contribution is 5.94. The average Bonchev–Trinajstić information content (AvgIpc) is 2.74. The van der Waals surface area contributed by atoms with E-state index in [0.29, 0.717) is 12.1 Å². The van der Waals surface area contributed by atoms with E-state index in [9.17, 15) is 4.79 Å². The Morgan fingerprint density at radius 2 is 2.04 bits per heavy atom. The molecule has 4 rings (SSSR count). The molecule has 1 aliphatic rings. The SMILES string of the molecule is Cc1cccc(-c2cncc(C3CCCN(C(=O)c4cccnc4)C3)n2)c1. The zero-order valence-corrected chi connectivity index (χ0v) is 15.4. The zero-order valence-electron chi connectivity index (χ0n) is 15.4. The summed E-state index contributed by atoms with van der Waals surface area (Å²) in [7, 11) is 0. The van der Waals surface area contributed by atoms with E-state index in [0.717, 1.165) is 36.3 Å². The second kappa shape index (κ2) is 7.66. The minimum Gasteiger partial charge on any atom is -0.338 e. The lowest BCUT2D eigenvalue weighted by Crippen LogP contribution is -2.39. The third-order valence-corrected chi connectivity index (χ3v) is 5.00. The average molecular weight is 358 g/mol. The molecule has 1 saturated heterocycles. The standard InChI is InChI=1S/C22H22N4O/c1-16-5-2-6-17(11-16)20-13-24-14-21(25-20)19-8-4-10-26(15-19)22(27)18-7-3-9-23-12-18/h2-3,5-7,9,11-14,19H,4,8,10,15H2,1H3. The van der Waals surface area contributed by atoms with Crippen molar-refractivity contribution in [2.24, 2.45) is 0 Å². The minimum atomic E-state index is 0.0376. The van der Waals surface area contributed by atoms with E-state index in [1.54, 1.807) is 24.7 Å². The molecule has 1 unspecified atom stereocenters. The molecule has 5 heteroatoms. The van der Waals surface area contributed by atoms with Crippen LogP contribution < -0.4 is 0 Å². The van der Waals surface area contributed by atoms with E-state index in [2.05, 4.69) is 35.1 Å². The molecule has 3 aromatic rings. The zero-order chi connectivity index (χ0) is 18.6. The molecule has 1 amide bonds. The maximum absolute atomic E-state index is 12.8. The first-order valence-corrected chi connectivity index (χ1v) is 9.29. The van der Waals surface area contributed by atoms with Gasteiger partial charge in [-0.3, -0.25) is 14.8 Å². The van der Waals surface area contributed by atoms with E-state index in [-0.39, 0.29) is 11.8 Å². The maximum atomic E-state index is 12.8. The van der Waals surface area contributed by atoms with E-state index in [1.165, 1.54) is 5.56 Å². The number of pyridine rings is 1. The summed E-state index contributed by atoms with van der Waals surface area (Å²) in [4.78, 5) is 28.0. The van der Waals surface area contributed by atoms with Crippen LogP contribution in [0.3, 0.4) is 0 Å². The number of amides is 1. The van der Waals surface area contributed by atoms with E-state index < -0.39 is 0 Å². The fourth-order valence-electron chi connectivity index (χ4n) is 3.60. The van der Waals surface area contributed by atoms with Crippen LogP contribution in [-0.2, 0) is 0 Å². The fraction of sp³-hybridized carbons (Fsp3) is 0.273. The van der Waals surface area contributed by atoms with Crippen molar-refractivity contribution in [2.45, 2.75) is 25.7 Å². The number of hydrogen-bond acceptors (Lipinski definition) is 4. The number of aromatic nitrogens is 3. The van der Waals surface area contributed by atoms with Gasteiger partial charge in [-0.05, 0) is 38.0 Å². The Bertz CT molecular complexity index is 942. The van der Waals surface area contributed by atoms with E-state index in [4.69, 9.17) is 4.98 Å². The number of piperidine rings is 1. The van der Waals surface area contributed by atoms with Gasteiger partial charge in [0, 0.05) is 43.2 Å². The van der Waals surface area contributed by atoms with Crippen LogP contribution in [0.4, 0.5) is 0 Å². The first kappa shape index (κ1) is 17.3. The van der Waals surface area contributed by atoms with Crippen molar-refractivity contribution in [3.63, 3.8) is 0 Å². The van der Waals surface area contributed by atoms with Crippen LogP contribution in [0, 0.1) is 6.92 Å². The van der Waals surface area contributed by atoms with Gasteiger partial charge in [-0.2, -0.15) is 0 Å². The van der Waals surface area contributed by atoms with Gasteiger partial charge in [0.05, 0.1) is 23.1 Å². The highest BCUT2D eigenvalue weighted by Gasteiger charge is 2.26. The summed E-state index contributed by atoms with van der Waals surface area (Å²) >= 11 is 0. The molecule has 0 aliphatic carbocycles. The number of rotatable bonds is 3. The summed E-state index contributed by atoms with van der Waals surface area (Å²) in [6, 6.07) is 11.9. The van der Waals surface area contributed by atoms with Crippen LogP contribution >= 0.6 is 0 Å². The van der Waals surface area contributed by atoms with Gasteiger partial charge in [-0.25, -0.2) is 4.98 Å². The van der Waals surface area contributed by atoms with Crippen LogP contribution in [0.2, 0.25) is 0 Å². The van der Waals surface area contributed by atoms with Gasteiger partial charge in [0.15, 0.2) is 0 Å². The molecule has 1 fully saturated rings. The number of nitrogens with zero attached hydrogens (tertiary/aromatic N) is 4. The first-order valence-electron chi connectivity index (χ1n) is 9.29. The van der Waals surface area contributed by atoms with Crippen molar-refractivity contribution < 1.29 is 4.79 Å². The summed E-state index contributed by atoms with van der Waals surface area (Å²) in [6.45, 7) is 3.51. The first-order chi connectivity index (χ1) is 13.2. The molecular formula is C22H22N4O. The molecule has 0 radical (unpaired) electrons. The molecule has 2 aromatic heterocycles. The second-order valence-corrected chi connectivity index (χ2v) is 7.03. The fourth-order valence-corrected chi connectivity index (χ4v) is 3.60. The van der Waals surface area contributed by atoms with Gasteiger partial charge in [-0.1, -0.05) is 23.8 Å². The van der Waals surface area contributed by atoms with E-state index in [1.807, 2.05) is 23.2 Å². The van der Waals surface area contributed by atoms with Gasteiger partial charge >= 0.3 is 0 Å². The molecule has 1 aliphatic heterocycles. The molecule has 0 N–H and O–H groups in total. The van der Waals surface area contributed by atoms with Gasteiger partial charge in [-0.15, -0.1) is 0 Å². The van der Waals surface area contributed by atoms with Crippen LogP contribution in [0.1, 0.15) is 40.4 Å². The van der Waals surface area contributed by atoms with Crippen LogP contribution in [0.25, 0.3) is 11.3 Å². The Kier molecular flexibility index (Phi) is 4.92. The number of carbonyl (C=O) groups is 1. The topological polar surface area (TPSA) is 59.0 Å². The van der Waals surface area contributed by atoms with Crippen molar-refractivity contribution in [1.29, 1.82) is 0 Å². The van der Waals surface area contributed by atoms with Gasteiger partial charge < -0.3 is 4.90 Å². The minimum absolute atomic E-state index is 0.0376. The largest absolute Gasteiger partial charge is 0.338 e. The molecular weight excluding hydrogens is 336 g/mol. The quantitative estimate of drug-likeness (QED) is 0.713. The summed E-state index contributed by atoms with van der Waals surface area (Å²) in [5, 5.41) is 0. The molecule has 1 aromatic carbocycles. The van der Waals surface area contributed by atoms with E-state index >= 15 is 0 Å². The maximum Gasteiger partial charge on any atom is 0.255 e. The summed E-state index contributed by atoms with van der Waals surface area (Å²) in [6.07, 6.45) is 8.93. The molecule has 136 valence electrons. The Morgan fingerprint density at radius 3 is 2.85 bits per heavy atom. The Morgan fingerprint density at radius 1 is 1.11 bits per heavy atom. The van der Waals surface area contributed by atoms with Crippen LogP contribution in [-0.4, -0.2) is 38.8 Å². The van der Waals surface area contributed by atoms with Crippen molar-refractivity contribution in [3.05, 3.63) is 78.0 Å². The molecule has 3 heterocycles. The smallest absolute Gasteiger partial charge is 0.255 e. The molecule has 1 atom stereocenters. The van der Waals surface area contributed by atoms with Crippen LogP contribution in [0.5, 0.6) is 0 Å². The van der Waals surface area contributed by atoms with Crippen molar-refractivity contribution in [3.8, 4) is 11.3 Å². The molecule has 27 heavy (non-hydrogen) atoms. The Labute approximate surface area is 159 Å². The number of benzene rings is 1. The normalized spacial score (nSPS) is 16.9. The van der Waals surface area contributed by atoms with Crippen molar-refractivity contribution in [2.75, 3.05) is 13.1 Å². The summed E-state index contributed by atoms with van der Waals surface area (Å²) < 4.78 is 0. The monoisotopic (exact) mass is 358 g/mol.